The number of rotatable bonds is 3. The van der Waals surface area contributed by atoms with E-state index in [0.717, 1.165) is 0 Å². The van der Waals surface area contributed by atoms with Crippen LogP contribution in [0, 0.1) is 5.41 Å². The van der Waals surface area contributed by atoms with Crippen LogP contribution < -0.4 is 0 Å². The molecule has 1 heterocycles. The second-order valence-corrected chi connectivity index (χ2v) is 6.25. The van der Waals surface area contributed by atoms with Gasteiger partial charge in [0.25, 0.3) is 0 Å². The highest BCUT2D eigenvalue weighted by Crippen LogP contribution is 2.47. The first-order valence-corrected chi connectivity index (χ1v) is 7.19. The summed E-state index contributed by atoms with van der Waals surface area (Å²) in [5, 5.41) is 1.19. The van der Waals surface area contributed by atoms with Crippen LogP contribution in [0.1, 0.15) is 26.7 Å². The third kappa shape index (κ3) is 2.56. The Labute approximate surface area is 102 Å². The minimum atomic E-state index is 0.634. The Hall–Kier alpha value is 0.400. The monoisotopic (exact) mass is 274 g/mol. The Morgan fingerprint density at radius 1 is 1.20 bits per heavy atom. The molecule has 0 bridgehead atoms. The fraction of sp³-hybridized carbons (Fsp3) is 1.00. The maximum atomic E-state index is 3.67. The second-order valence-electron chi connectivity index (χ2n) is 5.69. The third-order valence-electron chi connectivity index (χ3n) is 4.23. The molecular weight excluding hydrogens is 252 g/mol. The van der Waals surface area contributed by atoms with Crippen LogP contribution in [0.5, 0.6) is 0 Å². The number of nitrogens with zero attached hydrogens (tertiary/aromatic N) is 2. The molecule has 1 saturated carbocycles. The average Bonchev–Trinajstić information content (AvgIpc) is 2.95. The lowest BCUT2D eigenvalue weighted by Gasteiger charge is -2.43. The quantitative estimate of drug-likeness (QED) is 0.728. The van der Waals surface area contributed by atoms with Crippen molar-refractivity contribution in [1.82, 2.24) is 9.80 Å². The molecule has 0 amide bonds. The maximum Gasteiger partial charge on any atom is 0.0195 e. The molecule has 1 saturated heterocycles. The molecule has 88 valence electrons. The highest BCUT2D eigenvalue weighted by atomic mass is 79.9. The smallest absolute Gasteiger partial charge is 0.0195 e. The highest BCUT2D eigenvalue weighted by molar-refractivity contribution is 9.09. The van der Waals surface area contributed by atoms with Gasteiger partial charge in [-0.2, -0.15) is 0 Å². The lowest BCUT2D eigenvalue weighted by molar-refractivity contribution is 0.0502. The van der Waals surface area contributed by atoms with E-state index >= 15 is 0 Å². The van der Waals surface area contributed by atoms with E-state index in [1.54, 1.807) is 0 Å². The molecule has 0 aromatic heterocycles. The second kappa shape index (κ2) is 4.34. The van der Waals surface area contributed by atoms with Crippen LogP contribution in [0.4, 0.5) is 0 Å². The van der Waals surface area contributed by atoms with E-state index in [4.69, 9.17) is 0 Å². The molecule has 2 fully saturated rings. The van der Waals surface area contributed by atoms with Gasteiger partial charge in [0.15, 0.2) is 0 Å². The predicted molar refractivity (Wildman–Crippen MR) is 68.6 cm³/mol. The Balaban J connectivity index is 1.89. The van der Waals surface area contributed by atoms with Gasteiger partial charge in [-0.15, -0.1) is 0 Å². The molecule has 0 spiro atoms. The fourth-order valence-electron chi connectivity index (χ4n) is 2.63. The van der Waals surface area contributed by atoms with Crippen molar-refractivity contribution < 1.29 is 0 Å². The fourth-order valence-corrected chi connectivity index (χ4v) is 3.37. The lowest BCUT2D eigenvalue weighted by Crippen LogP contribution is -2.55. The first kappa shape index (κ1) is 11.9. The van der Waals surface area contributed by atoms with E-state index in [9.17, 15) is 0 Å². The standard InChI is InChI=1S/C12H23BrN2/c1-10-6-15(7-11(2)14(10)3)9-12(8-13)4-5-12/h10-11H,4-9H2,1-3H3. The van der Waals surface area contributed by atoms with Crippen molar-refractivity contribution in [2.45, 2.75) is 38.8 Å². The van der Waals surface area contributed by atoms with Crippen LogP contribution in [-0.2, 0) is 0 Å². The number of likely N-dealkylation sites (N-methyl/N-ethyl adjacent to an activating group) is 1. The molecule has 0 radical (unpaired) electrons. The van der Waals surface area contributed by atoms with Crippen LogP contribution in [0.3, 0.4) is 0 Å². The summed E-state index contributed by atoms with van der Waals surface area (Å²) >= 11 is 3.67. The molecule has 2 atom stereocenters. The molecular formula is C12H23BrN2. The van der Waals surface area contributed by atoms with E-state index in [2.05, 4.69) is 46.6 Å². The molecule has 2 nitrogen and oxygen atoms in total. The van der Waals surface area contributed by atoms with Gasteiger partial charge in [0.1, 0.15) is 0 Å². The molecule has 0 N–H and O–H groups in total. The van der Waals surface area contributed by atoms with Gasteiger partial charge in [0, 0.05) is 37.0 Å². The summed E-state index contributed by atoms with van der Waals surface area (Å²) in [7, 11) is 2.25. The molecule has 1 aliphatic heterocycles. The first-order valence-electron chi connectivity index (χ1n) is 6.06. The normalized spacial score (nSPS) is 36.8. The van der Waals surface area contributed by atoms with Gasteiger partial charge in [-0.1, -0.05) is 15.9 Å². The maximum absolute atomic E-state index is 3.67. The summed E-state index contributed by atoms with van der Waals surface area (Å²) in [4.78, 5) is 5.17. The summed E-state index contributed by atoms with van der Waals surface area (Å²) in [6, 6.07) is 1.42. The van der Waals surface area contributed by atoms with Crippen LogP contribution >= 0.6 is 15.9 Å². The zero-order valence-corrected chi connectivity index (χ0v) is 11.8. The molecule has 2 rings (SSSR count). The zero-order valence-electron chi connectivity index (χ0n) is 10.2. The van der Waals surface area contributed by atoms with E-state index in [-0.39, 0.29) is 0 Å². The molecule has 1 aliphatic carbocycles. The lowest BCUT2D eigenvalue weighted by atomic mass is 10.1. The molecule has 2 unspecified atom stereocenters. The number of hydrogen-bond acceptors (Lipinski definition) is 2. The third-order valence-corrected chi connectivity index (χ3v) is 5.42. The average molecular weight is 275 g/mol. The molecule has 15 heavy (non-hydrogen) atoms. The van der Waals surface area contributed by atoms with Crippen molar-refractivity contribution in [3.05, 3.63) is 0 Å². The first-order chi connectivity index (χ1) is 7.06. The van der Waals surface area contributed by atoms with Gasteiger partial charge in [0.05, 0.1) is 0 Å². The van der Waals surface area contributed by atoms with Gasteiger partial charge in [-0.25, -0.2) is 0 Å². The molecule has 2 aliphatic rings. The van der Waals surface area contributed by atoms with Crippen molar-refractivity contribution in [2.75, 3.05) is 32.0 Å². The largest absolute Gasteiger partial charge is 0.300 e. The molecule has 0 aromatic rings. The van der Waals surface area contributed by atoms with Crippen LogP contribution in [0.25, 0.3) is 0 Å². The number of hydrogen-bond donors (Lipinski definition) is 0. The van der Waals surface area contributed by atoms with Crippen molar-refractivity contribution in [1.29, 1.82) is 0 Å². The summed E-state index contributed by atoms with van der Waals surface area (Å²) in [5.41, 5.74) is 0.634. The SMILES string of the molecule is CC1CN(CC2(CBr)CC2)CC(C)N1C. The number of alkyl halides is 1. The van der Waals surface area contributed by atoms with E-state index in [1.165, 1.54) is 37.8 Å². The summed E-state index contributed by atoms with van der Waals surface area (Å²) in [6.07, 6.45) is 2.85. The van der Waals surface area contributed by atoms with Gasteiger partial charge in [-0.3, -0.25) is 9.80 Å². The number of halogens is 1. The van der Waals surface area contributed by atoms with Crippen molar-refractivity contribution in [3.63, 3.8) is 0 Å². The van der Waals surface area contributed by atoms with Gasteiger partial charge in [-0.05, 0) is 39.2 Å². The van der Waals surface area contributed by atoms with Crippen molar-refractivity contribution in [2.24, 2.45) is 5.41 Å². The Kier molecular flexibility index (Phi) is 3.44. The van der Waals surface area contributed by atoms with E-state index < -0.39 is 0 Å². The van der Waals surface area contributed by atoms with Gasteiger partial charge in [0.2, 0.25) is 0 Å². The highest BCUT2D eigenvalue weighted by Gasteiger charge is 2.43. The van der Waals surface area contributed by atoms with E-state index in [1.807, 2.05) is 0 Å². The molecule has 3 heteroatoms. The van der Waals surface area contributed by atoms with E-state index in [0.29, 0.717) is 17.5 Å². The Bertz CT molecular complexity index is 216. The summed E-state index contributed by atoms with van der Waals surface area (Å²) in [5.74, 6) is 0. The van der Waals surface area contributed by atoms with Crippen LogP contribution in [-0.4, -0.2) is 53.9 Å². The number of piperazine rings is 1. The zero-order chi connectivity index (χ0) is 11.1. The molecule has 0 aromatic carbocycles. The van der Waals surface area contributed by atoms with Crippen molar-refractivity contribution in [3.8, 4) is 0 Å². The predicted octanol–water partition coefficient (Wildman–Crippen LogP) is 2.19. The Morgan fingerprint density at radius 3 is 2.13 bits per heavy atom. The summed E-state index contributed by atoms with van der Waals surface area (Å²) in [6.45, 7) is 8.48. The van der Waals surface area contributed by atoms with Gasteiger partial charge >= 0.3 is 0 Å². The minimum Gasteiger partial charge on any atom is -0.300 e. The van der Waals surface area contributed by atoms with Crippen molar-refractivity contribution >= 4 is 15.9 Å². The van der Waals surface area contributed by atoms with Crippen LogP contribution in [0.2, 0.25) is 0 Å². The van der Waals surface area contributed by atoms with Crippen LogP contribution in [0.15, 0.2) is 0 Å². The Morgan fingerprint density at radius 2 is 1.73 bits per heavy atom. The minimum absolute atomic E-state index is 0.634. The summed E-state index contributed by atoms with van der Waals surface area (Å²) < 4.78 is 0. The topological polar surface area (TPSA) is 6.48 Å². The van der Waals surface area contributed by atoms with Gasteiger partial charge < -0.3 is 0 Å².